The molecule has 1 fully saturated rings. The molecule has 0 unspecified atom stereocenters. The summed E-state index contributed by atoms with van der Waals surface area (Å²) in [6.45, 7) is 0. The number of nitrogens with two attached hydrogens (primary N) is 2. The van der Waals surface area contributed by atoms with E-state index in [2.05, 4.69) is 0 Å². The third-order valence-corrected chi connectivity index (χ3v) is 4.10. The fourth-order valence-electron chi connectivity index (χ4n) is 2.74. The Morgan fingerprint density at radius 3 is 1.90 bits per heavy atom. The number of carbonyl (C=O) groups excluding carboxylic acids is 2. The molecule has 0 aromatic heterocycles. The summed E-state index contributed by atoms with van der Waals surface area (Å²) in [5, 5.41) is 18.9. The van der Waals surface area contributed by atoms with Gasteiger partial charge in [-0.3, -0.25) is 9.59 Å². The van der Waals surface area contributed by atoms with Crippen LogP contribution in [0.15, 0.2) is 24.3 Å². The van der Waals surface area contributed by atoms with E-state index < -0.39 is 28.6 Å². The Labute approximate surface area is 119 Å². The van der Waals surface area contributed by atoms with Crippen molar-refractivity contribution in [3.8, 4) is 12.1 Å². The van der Waals surface area contributed by atoms with Crippen LogP contribution < -0.4 is 11.5 Å². The fourth-order valence-corrected chi connectivity index (χ4v) is 2.98. The molecular weight excluding hydrogens is 280 g/mol. The molecule has 1 aliphatic carbocycles. The summed E-state index contributed by atoms with van der Waals surface area (Å²) in [6.07, 6.45) is 0. The molecule has 6 nitrogen and oxygen atoms in total. The number of nitriles is 2. The van der Waals surface area contributed by atoms with Crippen LogP contribution in [0.2, 0.25) is 5.02 Å². The predicted molar refractivity (Wildman–Crippen MR) is 68.7 cm³/mol. The molecule has 1 aliphatic rings. The minimum absolute atomic E-state index is 0.233. The SMILES string of the molecule is N#C[C@@]1(C(N)=O)C(c2ccccc2Cl)[C@@]1(C#N)C(N)=O. The largest absolute Gasteiger partial charge is 0.368 e. The van der Waals surface area contributed by atoms with E-state index in [1.54, 1.807) is 24.3 Å². The molecule has 1 saturated carbocycles. The van der Waals surface area contributed by atoms with Gasteiger partial charge in [0.05, 0.1) is 12.1 Å². The Bertz CT molecular complexity index is 667. The zero-order valence-corrected chi connectivity index (χ0v) is 10.9. The monoisotopic (exact) mass is 288 g/mol. The maximum Gasteiger partial charge on any atom is 0.240 e. The maximum atomic E-state index is 11.7. The summed E-state index contributed by atoms with van der Waals surface area (Å²) in [6, 6.07) is 9.71. The molecule has 20 heavy (non-hydrogen) atoms. The highest BCUT2D eigenvalue weighted by Gasteiger charge is 2.86. The van der Waals surface area contributed by atoms with Crippen molar-refractivity contribution in [2.24, 2.45) is 22.3 Å². The first-order chi connectivity index (χ1) is 9.40. The van der Waals surface area contributed by atoms with Crippen molar-refractivity contribution in [2.75, 3.05) is 0 Å². The van der Waals surface area contributed by atoms with Crippen molar-refractivity contribution < 1.29 is 9.59 Å². The van der Waals surface area contributed by atoms with Crippen LogP contribution in [0.3, 0.4) is 0 Å². The van der Waals surface area contributed by atoms with E-state index in [0.717, 1.165) is 0 Å². The van der Waals surface area contributed by atoms with E-state index in [1.807, 2.05) is 0 Å². The second-order valence-electron chi connectivity index (χ2n) is 4.52. The second-order valence-corrected chi connectivity index (χ2v) is 4.93. The Morgan fingerprint density at radius 2 is 1.55 bits per heavy atom. The number of primary amides is 2. The van der Waals surface area contributed by atoms with Crippen LogP contribution in [-0.2, 0) is 9.59 Å². The third kappa shape index (κ3) is 1.31. The van der Waals surface area contributed by atoms with Crippen LogP contribution in [0, 0.1) is 33.5 Å². The van der Waals surface area contributed by atoms with E-state index >= 15 is 0 Å². The van der Waals surface area contributed by atoms with Gasteiger partial charge in [0.1, 0.15) is 0 Å². The lowest BCUT2D eigenvalue weighted by molar-refractivity contribution is -0.127. The van der Waals surface area contributed by atoms with Crippen LogP contribution in [-0.4, -0.2) is 11.8 Å². The zero-order valence-electron chi connectivity index (χ0n) is 10.1. The Hall–Kier alpha value is -2.57. The Morgan fingerprint density at radius 1 is 1.10 bits per heavy atom. The molecule has 0 saturated heterocycles. The lowest BCUT2D eigenvalue weighted by atomic mass is 9.94. The molecule has 1 aromatic rings. The summed E-state index contributed by atoms with van der Waals surface area (Å²) < 4.78 is 0. The Balaban J connectivity index is 2.74. The molecule has 0 radical (unpaired) electrons. The number of carbonyl (C=O) groups is 2. The van der Waals surface area contributed by atoms with Gasteiger partial charge in [-0.15, -0.1) is 0 Å². The van der Waals surface area contributed by atoms with E-state index in [0.29, 0.717) is 5.56 Å². The summed E-state index contributed by atoms with van der Waals surface area (Å²) >= 11 is 6.01. The van der Waals surface area contributed by atoms with Gasteiger partial charge in [-0.2, -0.15) is 10.5 Å². The summed E-state index contributed by atoms with van der Waals surface area (Å²) in [5.74, 6) is -3.19. The number of nitrogens with zero attached hydrogens (tertiary/aromatic N) is 2. The molecule has 0 aliphatic heterocycles. The molecule has 2 atom stereocenters. The molecule has 0 bridgehead atoms. The number of amides is 2. The second kappa shape index (κ2) is 4.22. The van der Waals surface area contributed by atoms with E-state index in [9.17, 15) is 20.1 Å². The smallest absolute Gasteiger partial charge is 0.240 e. The van der Waals surface area contributed by atoms with Gasteiger partial charge in [-0.05, 0) is 11.6 Å². The van der Waals surface area contributed by atoms with Crippen molar-refractivity contribution in [2.45, 2.75) is 5.92 Å². The van der Waals surface area contributed by atoms with E-state index in [4.69, 9.17) is 23.1 Å². The van der Waals surface area contributed by atoms with Crippen LogP contribution in [0.25, 0.3) is 0 Å². The highest BCUT2D eigenvalue weighted by molar-refractivity contribution is 6.31. The molecule has 1 aromatic carbocycles. The quantitative estimate of drug-likeness (QED) is 0.833. The lowest BCUT2D eigenvalue weighted by Gasteiger charge is -2.05. The van der Waals surface area contributed by atoms with Gasteiger partial charge in [0.25, 0.3) is 0 Å². The maximum absolute atomic E-state index is 11.7. The van der Waals surface area contributed by atoms with Gasteiger partial charge in [-0.25, -0.2) is 0 Å². The van der Waals surface area contributed by atoms with Crippen molar-refractivity contribution in [3.63, 3.8) is 0 Å². The molecule has 4 N–H and O–H groups in total. The molecular formula is C13H9ClN4O2. The van der Waals surface area contributed by atoms with Crippen LogP contribution in [0.1, 0.15) is 11.5 Å². The predicted octanol–water partition coefficient (Wildman–Crippen LogP) is 0.428. The highest BCUT2D eigenvalue weighted by Crippen LogP contribution is 2.74. The van der Waals surface area contributed by atoms with Crippen molar-refractivity contribution in [1.82, 2.24) is 0 Å². The Kier molecular flexibility index (Phi) is 2.93. The minimum atomic E-state index is -1.99. The molecule has 2 amide bonds. The van der Waals surface area contributed by atoms with Crippen molar-refractivity contribution in [3.05, 3.63) is 34.9 Å². The van der Waals surface area contributed by atoms with Gasteiger partial charge in [-0.1, -0.05) is 29.8 Å². The van der Waals surface area contributed by atoms with Gasteiger partial charge in [0.15, 0.2) is 10.8 Å². The summed E-state index contributed by atoms with van der Waals surface area (Å²) in [7, 11) is 0. The van der Waals surface area contributed by atoms with Crippen LogP contribution in [0.5, 0.6) is 0 Å². The number of rotatable bonds is 3. The van der Waals surface area contributed by atoms with Crippen LogP contribution >= 0.6 is 11.6 Å². The average Bonchev–Trinajstić information content (AvgIpc) is 3.04. The van der Waals surface area contributed by atoms with Gasteiger partial charge in [0, 0.05) is 10.9 Å². The fraction of sp³-hybridized carbons (Fsp3) is 0.231. The molecule has 0 spiro atoms. The first kappa shape index (κ1) is 13.9. The summed E-state index contributed by atoms with van der Waals surface area (Å²) in [5.41, 5.74) is 6.85. The number of halogens is 1. The standard InChI is InChI=1S/C13H9ClN4O2/c14-8-4-2-1-3-7(8)9-12(5-15,10(17)19)13(9,6-16)11(18)20/h1-4,9H,(H2,17,19)(H2,18,20)/t12-,13-/m0/s1. The highest BCUT2D eigenvalue weighted by atomic mass is 35.5. The van der Waals surface area contributed by atoms with E-state index in [1.165, 1.54) is 12.1 Å². The first-order valence-electron chi connectivity index (χ1n) is 5.57. The molecule has 2 rings (SSSR count). The lowest BCUT2D eigenvalue weighted by Crippen LogP contribution is -2.36. The van der Waals surface area contributed by atoms with E-state index in [-0.39, 0.29) is 5.02 Å². The first-order valence-corrected chi connectivity index (χ1v) is 5.94. The summed E-state index contributed by atoms with van der Waals surface area (Å²) in [4.78, 5) is 23.4. The minimum Gasteiger partial charge on any atom is -0.368 e. The van der Waals surface area contributed by atoms with Crippen LogP contribution in [0.4, 0.5) is 0 Å². The number of hydrogen-bond acceptors (Lipinski definition) is 4. The molecule has 100 valence electrons. The molecule has 0 heterocycles. The van der Waals surface area contributed by atoms with Crippen molar-refractivity contribution >= 4 is 23.4 Å². The van der Waals surface area contributed by atoms with Crippen molar-refractivity contribution in [1.29, 1.82) is 10.5 Å². The van der Waals surface area contributed by atoms with Gasteiger partial charge >= 0.3 is 0 Å². The number of benzene rings is 1. The normalized spacial score (nSPS) is 30.9. The molecule has 7 heteroatoms. The topological polar surface area (TPSA) is 134 Å². The average molecular weight is 289 g/mol. The van der Waals surface area contributed by atoms with Gasteiger partial charge < -0.3 is 11.5 Å². The zero-order chi connectivity index (χ0) is 15.1. The van der Waals surface area contributed by atoms with Gasteiger partial charge in [0.2, 0.25) is 11.8 Å². The third-order valence-electron chi connectivity index (χ3n) is 3.75. The number of hydrogen-bond donors (Lipinski definition) is 2.